The van der Waals surface area contributed by atoms with Gasteiger partial charge in [0, 0.05) is 6.54 Å². The highest BCUT2D eigenvalue weighted by Crippen LogP contribution is 2.27. The zero-order valence-corrected chi connectivity index (χ0v) is 18.5. The van der Waals surface area contributed by atoms with E-state index in [9.17, 15) is 22.8 Å². The zero-order chi connectivity index (χ0) is 24.5. The predicted octanol–water partition coefficient (Wildman–Crippen LogP) is 2.52. The van der Waals surface area contributed by atoms with E-state index in [0.29, 0.717) is 18.9 Å². The number of alkyl halides is 3. The third kappa shape index (κ3) is 5.01. The topological polar surface area (TPSA) is 100 Å². The first-order valence-electron chi connectivity index (χ1n) is 10.6. The van der Waals surface area contributed by atoms with Crippen molar-refractivity contribution in [2.75, 3.05) is 26.3 Å². The van der Waals surface area contributed by atoms with Gasteiger partial charge in [0.1, 0.15) is 6.61 Å². The summed E-state index contributed by atoms with van der Waals surface area (Å²) >= 11 is 0. The number of aromatic nitrogens is 2. The van der Waals surface area contributed by atoms with E-state index in [1.165, 1.54) is 11.1 Å². The van der Waals surface area contributed by atoms with Crippen LogP contribution in [0.3, 0.4) is 0 Å². The number of urea groups is 1. The maximum absolute atomic E-state index is 12.9. The second-order valence-electron chi connectivity index (χ2n) is 8.10. The van der Waals surface area contributed by atoms with Crippen molar-refractivity contribution >= 4 is 17.6 Å². The molecular weight excluding hydrogens is 453 g/mol. The number of carbonyl (C=O) groups excluding carboxylic acids is 2. The minimum absolute atomic E-state index is 0.0342. The number of ether oxygens (including phenoxy) is 1. The van der Waals surface area contributed by atoms with E-state index in [4.69, 9.17) is 4.74 Å². The molecule has 0 radical (unpaired) electrons. The van der Waals surface area contributed by atoms with Gasteiger partial charge in [-0.3, -0.25) is 4.79 Å². The Morgan fingerprint density at radius 1 is 1.18 bits per heavy atom. The average Bonchev–Trinajstić information content (AvgIpc) is 3.25. The van der Waals surface area contributed by atoms with Gasteiger partial charge in [0.2, 0.25) is 5.91 Å². The summed E-state index contributed by atoms with van der Waals surface area (Å²) < 4.78 is 43.4. The maximum Gasteiger partial charge on any atom is 0.435 e. The molecular formula is C22H23F3N6O3. The molecule has 1 N–H and O–H groups in total. The Morgan fingerprint density at radius 3 is 2.53 bits per heavy atom. The molecule has 12 heteroatoms. The molecule has 3 amide bonds. The fourth-order valence-electron chi connectivity index (χ4n) is 3.75. The highest BCUT2D eigenvalue weighted by atomic mass is 19.4. The van der Waals surface area contributed by atoms with Crippen LogP contribution in [0.1, 0.15) is 35.5 Å². The lowest BCUT2D eigenvalue weighted by molar-refractivity contribution is -0.144. The second kappa shape index (κ2) is 9.37. The van der Waals surface area contributed by atoms with Crippen LogP contribution in [-0.4, -0.2) is 70.1 Å². The van der Waals surface area contributed by atoms with Crippen molar-refractivity contribution in [3.8, 4) is 0 Å². The number of nitrogens with one attached hydrogen (secondary N) is 1. The second-order valence-corrected chi connectivity index (χ2v) is 8.10. The van der Waals surface area contributed by atoms with Crippen LogP contribution in [0.2, 0.25) is 0 Å². The van der Waals surface area contributed by atoms with Crippen molar-refractivity contribution in [3.63, 3.8) is 0 Å². The van der Waals surface area contributed by atoms with Gasteiger partial charge in [0.05, 0.1) is 36.6 Å². The van der Waals surface area contributed by atoms with Gasteiger partial charge in [0.25, 0.3) is 0 Å². The molecule has 0 aliphatic carbocycles. The van der Waals surface area contributed by atoms with Gasteiger partial charge in [-0.15, -0.1) is 5.10 Å². The molecule has 2 aliphatic rings. The summed E-state index contributed by atoms with van der Waals surface area (Å²) in [5.41, 5.74) is 1.48. The summed E-state index contributed by atoms with van der Waals surface area (Å²) in [6, 6.07) is 7.85. The van der Waals surface area contributed by atoms with Crippen LogP contribution in [-0.2, 0) is 15.7 Å². The Balaban J connectivity index is 1.52. The first kappa shape index (κ1) is 23.6. The molecule has 1 saturated heterocycles. The fourth-order valence-corrected chi connectivity index (χ4v) is 3.75. The van der Waals surface area contributed by atoms with Crippen molar-refractivity contribution in [2.24, 2.45) is 5.10 Å². The standard InChI is InChI=1S/C22H23F3N6O3/c1-13-3-5-15(6-4-13)20-17(30-9-10-34-12-19(30)32)11-31(29-20)21(33)26-14(2)16-7-8-18(28-27-16)22(23,24)25/h3-8,14,17H,9-12H2,1-2H3,(H,26,33)/t14-,17-/m1/s1. The van der Waals surface area contributed by atoms with Crippen molar-refractivity contribution in [3.05, 3.63) is 58.9 Å². The Bertz CT molecular complexity index is 1090. The van der Waals surface area contributed by atoms with E-state index >= 15 is 0 Å². The number of hydrogen-bond donors (Lipinski definition) is 1. The minimum Gasteiger partial charge on any atom is -0.370 e. The molecule has 2 aromatic rings. The predicted molar refractivity (Wildman–Crippen MR) is 115 cm³/mol. The minimum atomic E-state index is -4.60. The van der Waals surface area contributed by atoms with E-state index in [0.717, 1.165) is 17.2 Å². The Labute approximate surface area is 193 Å². The van der Waals surface area contributed by atoms with Gasteiger partial charge in [-0.2, -0.15) is 23.4 Å². The zero-order valence-electron chi connectivity index (χ0n) is 18.5. The van der Waals surface area contributed by atoms with Crippen molar-refractivity contribution in [1.29, 1.82) is 0 Å². The summed E-state index contributed by atoms with van der Waals surface area (Å²) in [5, 5.41) is 15.2. The third-order valence-corrected chi connectivity index (χ3v) is 5.63. The van der Waals surface area contributed by atoms with Gasteiger partial charge < -0.3 is 15.0 Å². The molecule has 1 aromatic carbocycles. The van der Waals surface area contributed by atoms with Crippen molar-refractivity contribution in [2.45, 2.75) is 32.1 Å². The van der Waals surface area contributed by atoms with Crippen LogP contribution in [0.5, 0.6) is 0 Å². The van der Waals surface area contributed by atoms with Gasteiger partial charge in [-0.25, -0.2) is 9.80 Å². The molecule has 2 atom stereocenters. The Hall–Kier alpha value is -3.54. The van der Waals surface area contributed by atoms with E-state index in [1.807, 2.05) is 31.2 Å². The largest absolute Gasteiger partial charge is 0.435 e. The molecule has 180 valence electrons. The molecule has 0 saturated carbocycles. The highest BCUT2D eigenvalue weighted by Gasteiger charge is 2.39. The van der Waals surface area contributed by atoms with E-state index in [-0.39, 0.29) is 24.8 Å². The number of benzene rings is 1. The molecule has 0 bridgehead atoms. The molecule has 1 aromatic heterocycles. The average molecular weight is 476 g/mol. The number of amides is 3. The van der Waals surface area contributed by atoms with Gasteiger partial charge in [-0.05, 0) is 31.5 Å². The van der Waals surface area contributed by atoms with Gasteiger partial charge >= 0.3 is 12.2 Å². The summed E-state index contributed by atoms with van der Waals surface area (Å²) in [4.78, 5) is 27.1. The smallest absolute Gasteiger partial charge is 0.370 e. The summed E-state index contributed by atoms with van der Waals surface area (Å²) in [5.74, 6) is -0.188. The van der Waals surface area contributed by atoms with Crippen LogP contribution in [0.15, 0.2) is 41.5 Å². The molecule has 0 spiro atoms. The van der Waals surface area contributed by atoms with Crippen LogP contribution >= 0.6 is 0 Å². The number of hydrogen-bond acceptors (Lipinski definition) is 6. The third-order valence-electron chi connectivity index (χ3n) is 5.63. The Morgan fingerprint density at radius 2 is 1.91 bits per heavy atom. The summed E-state index contributed by atoms with van der Waals surface area (Å²) in [6.07, 6.45) is -4.60. The fraction of sp³-hybridized carbons (Fsp3) is 0.409. The quantitative estimate of drug-likeness (QED) is 0.731. The normalized spacial score (nSPS) is 19.7. The van der Waals surface area contributed by atoms with E-state index in [1.54, 1.807) is 11.8 Å². The molecule has 1 fully saturated rings. The Kier molecular flexibility index (Phi) is 6.51. The summed E-state index contributed by atoms with van der Waals surface area (Å²) in [6.45, 7) is 4.40. The monoisotopic (exact) mass is 476 g/mol. The lowest BCUT2D eigenvalue weighted by Gasteiger charge is -2.32. The van der Waals surface area contributed by atoms with E-state index in [2.05, 4.69) is 20.6 Å². The first-order chi connectivity index (χ1) is 16.1. The first-order valence-corrected chi connectivity index (χ1v) is 10.6. The molecule has 3 heterocycles. The lowest BCUT2D eigenvalue weighted by atomic mass is 10.0. The highest BCUT2D eigenvalue weighted by molar-refractivity contribution is 6.08. The molecule has 4 rings (SSSR count). The number of aryl methyl sites for hydroxylation is 1. The van der Waals surface area contributed by atoms with E-state index < -0.39 is 30.0 Å². The number of hydrazone groups is 1. The maximum atomic E-state index is 12.9. The number of rotatable bonds is 4. The van der Waals surface area contributed by atoms with Crippen LogP contribution in [0.25, 0.3) is 0 Å². The lowest BCUT2D eigenvalue weighted by Crippen LogP contribution is -2.52. The number of nitrogens with zero attached hydrogens (tertiary/aromatic N) is 5. The van der Waals surface area contributed by atoms with Crippen molar-refractivity contribution < 1.29 is 27.5 Å². The van der Waals surface area contributed by atoms with Crippen LogP contribution in [0, 0.1) is 6.92 Å². The summed E-state index contributed by atoms with van der Waals surface area (Å²) in [7, 11) is 0. The van der Waals surface area contributed by atoms with Crippen LogP contribution < -0.4 is 5.32 Å². The number of carbonyl (C=O) groups is 2. The van der Waals surface area contributed by atoms with Crippen molar-refractivity contribution in [1.82, 2.24) is 25.4 Å². The number of morpholine rings is 1. The van der Waals surface area contributed by atoms with Gasteiger partial charge in [-0.1, -0.05) is 29.8 Å². The number of halogens is 3. The van der Waals surface area contributed by atoms with Crippen LogP contribution in [0.4, 0.5) is 18.0 Å². The van der Waals surface area contributed by atoms with Gasteiger partial charge in [0.15, 0.2) is 5.69 Å². The molecule has 2 aliphatic heterocycles. The molecule has 34 heavy (non-hydrogen) atoms. The SMILES string of the molecule is Cc1ccc(C2=NN(C(=O)N[C@H](C)c3ccc(C(F)(F)F)nn3)C[C@H]2N2CCOCC2=O)cc1. The molecule has 0 unspecified atom stereocenters. The molecule has 9 nitrogen and oxygen atoms in total.